The summed E-state index contributed by atoms with van der Waals surface area (Å²) in [7, 11) is 0. The average molecular weight is 285 g/mol. The van der Waals surface area contributed by atoms with Gasteiger partial charge in [0, 0.05) is 18.2 Å². The number of hydrogen-bond acceptors (Lipinski definition) is 3. The highest BCUT2D eigenvalue weighted by atomic mass is 16.5. The molecule has 0 atom stereocenters. The van der Waals surface area contributed by atoms with E-state index in [2.05, 4.69) is 46.9 Å². The lowest BCUT2D eigenvalue weighted by molar-refractivity contribution is 0.289. The number of para-hydroxylation sites is 1. The normalized spacial score (nSPS) is 14.4. The molecule has 0 amide bonds. The molecule has 3 rings (SSSR count). The summed E-state index contributed by atoms with van der Waals surface area (Å²) in [5.74, 6) is 1.00. The first-order valence-electron chi connectivity index (χ1n) is 7.72. The SMILES string of the molecule is CCNCc1cccc(C)c1OCc1cncn1C1CC1. The Kier molecular flexibility index (Phi) is 4.25. The summed E-state index contributed by atoms with van der Waals surface area (Å²) in [6, 6.07) is 6.96. The minimum absolute atomic E-state index is 0.584. The largest absolute Gasteiger partial charge is 0.487 e. The van der Waals surface area contributed by atoms with Crippen molar-refractivity contribution >= 4 is 0 Å². The predicted molar refractivity (Wildman–Crippen MR) is 83.4 cm³/mol. The summed E-state index contributed by atoms with van der Waals surface area (Å²) in [5.41, 5.74) is 3.56. The number of nitrogens with zero attached hydrogens (tertiary/aromatic N) is 2. The number of nitrogens with one attached hydrogen (secondary N) is 1. The molecule has 21 heavy (non-hydrogen) atoms. The molecule has 1 aromatic heterocycles. The monoisotopic (exact) mass is 285 g/mol. The third-order valence-corrected chi connectivity index (χ3v) is 3.91. The zero-order chi connectivity index (χ0) is 14.7. The maximum Gasteiger partial charge on any atom is 0.130 e. The van der Waals surface area contributed by atoms with Crippen molar-refractivity contribution < 1.29 is 4.74 Å². The molecule has 0 aliphatic heterocycles. The highest BCUT2D eigenvalue weighted by molar-refractivity contribution is 5.40. The molecule has 1 heterocycles. The molecule has 0 saturated heterocycles. The smallest absolute Gasteiger partial charge is 0.130 e. The minimum atomic E-state index is 0.584. The van der Waals surface area contributed by atoms with E-state index in [0.29, 0.717) is 12.6 Å². The molecule has 1 aliphatic carbocycles. The number of rotatable bonds is 7. The summed E-state index contributed by atoms with van der Waals surface area (Å²) in [4.78, 5) is 4.26. The van der Waals surface area contributed by atoms with Crippen molar-refractivity contribution in [3.8, 4) is 5.75 Å². The van der Waals surface area contributed by atoms with Gasteiger partial charge in [0.2, 0.25) is 0 Å². The van der Waals surface area contributed by atoms with E-state index in [1.165, 1.54) is 24.0 Å². The second kappa shape index (κ2) is 6.31. The summed E-state index contributed by atoms with van der Waals surface area (Å²) in [6.45, 7) is 6.60. The second-order valence-electron chi connectivity index (χ2n) is 5.66. The second-order valence-corrected chi connectivity index (χ2v) is 5.66. The van der Waals surface area contributed by atoms with E-state index in [0.717, 1.165) is 24.5 Å². The topological polar surface area (TPSA) is 39.1 Å². The molecule has 1 fully saturated rings. The van der Waals surface area contributed by atoms with Gasteiger partial charge in [-0.1, -0.05) is 25.1 Å². The Bertz CT molecular complexity index is 602. The van der Waals surface area contributed by atoms with Gasteiger partial charge in [-0.15, -0.1) is 0 Å². The third-order valence-electron chi connectivity index (χ3n) is 3.91. The van der Waals surface area contributed by atoms with Gasteiger partial charge in [0.1, 0.15) is 12.4 Å². The number of ether oxygens (including phenoxy) is 1. The van der Waals surface area contributed by atoms with E-state index in [1.807, 2.05) is 12.5 Å². The fourth-order valence-electron chi connectivity index (χ4n) is 2.59. The Labute approximate surface area is 126 Å². The van der Waals surface area contributed by atoms with Crippen molar-refractivity contribution in [3.63, 3.8) is 0 Å². The third kappa shape index (κ3) is 3.27. The van der Waals surface area contributed by atoms with Gasteiger partial charge in [0.15, 0.2) is 0 Å². The molecule has 4 heteroatoms. The van der Waals surface area contributed by atoms with Crippen molar-refractivity contribution in [2.45, 2.75) is 45.9 Å². The lowest BCUT2D eigenvalue weighted by atomic mass is 10.1. The molecule has 0 spiro atoms. The van der Waals surface area contributed by atoms with Crippen LogP contribution in [0, 0.1) is 6.92 Å². The summed E-state index contributed by atoms with van der Waals surface area (Å²) < 4.78 is 8.38. The molecule has 1 saturated carbocycles. The lowest BCUT2D eigenvalue weighted by Gasteiger charge is -2.15. The Hall–Kier alpha value is -1.81. The summed E-state index contributed by atoms with van der Waals surface area (Å²) in [6.07, 6.45) is 6.37. The zero-order valence-electron chi connectivity index (χ0n) is 12.8. The van der Waals surface area contributed by atoms with Gasteiger partial charge < -0.3 is 14.6 Å². The maximum absolute atomic E-state index is 6.13. The van der Waals surface area contributed by atoms with Crippen molar-refractivity contribution in [1.82, 2.24) is 14.9 Å². The zero-order valence-corrected chi connectivity index (χ0v) is 12.8. The van der Waals surface area contributed by atoms with Gasteiger partial charge in [-0.2, -0.15) is 0 Å². The van der Waals surface area contributed by atoms with Crippen LogP contribution in [0.4, 0.5) is 0 Å². The van der Waals surface area contributed by atoms with Crippen LogP contribution in [-0.4, -0.2) is 16.1 Å². The molecule has 1 aliphatic rings. The van der Waals surface area contributed by atoms with Gasteiger partial charge in [-0.3, -0.25) is 0 Å². The number of imidazole rings is 1. The highest BCUT2D eigenvalue weighted by Crippen LogP contribution is 2.36. The number of aromatic nitrogens is 2. The Balaban J connectivity index is 1.73. The fraction of sp³-hybridized carbons (Fsp3) is 0.471. The molecular weight excluding hydrogens is 262 g/mol. The van der Waals surface area contributed by atoms with Crippen molar-refractivity contribution in [2.24, 2.45) is 0 Å². The standard InChI is InChI=1S/C17H23N3O/c1-3-18-9-14-6-4-5-13(2)17(14)21-11-16-10-19-12-20(16)15-7-8-15/h4-6,10,12,15,18H,3,7-9,11H2,1-2H3. The number of aryl methyl sites for hydroxylation is 1. The first-order valence-corrected chi connectivity index (χ1v) is 7.72. The molecular formula is C17H23N3O. The Morgan fingerprint density at radius 2 is 2.24 bits per heavy atom. The quantitative estimate of drug-likeness (QED) is 0.849. The molecule has 4 nitrogen and oxygen atoms in total. The highest BCUT2D eigenvalue weighted by Gasteiger charge is 2.25. The van der Waals surface area contributed by atoms with Crippen LogP contribution in [0.3, 0.4) is 0 Å². The Morgan fingerprint density at radius 1 is 1.38 bits per heavy atom. The van der Waals surface area contributed by atoms with E-state index in [9.17, 15) is 0 Å². The molecule has 0 unspecified atom stereocenters. The number of hydrogen-bond donors (Lipinski definition) is 1. The molecule has 0 bridgehead atoms. The van der Waals surface area contributed by atoms with Gasteiger partial charge in [0.05, 0.1) is 18.2 Å². The van der Waals surface area contributed by atoms with Crippen LogP contribution >= 0.6 is 0 Å². The first kappa shape index (κ1) is 14.1. The van der Waals surface area contributed by atoms with Crippen LogP contribution in [0.25, 0.3) is 0 Å². The molecule has 112 valence electrons. The van der Waals surface area contributed by atoms with Gasteiger partial charge >= 0.3 is 0 Å². The van der Waals surface area contributed by atoms with Crippen LogP contribution < -0.4 is 10.1 Å². The van der Waals surface area contributed by atoms with Crippen LogP contribution in [-0.2, 0) is 13.2 Å². The summed E-state index contributed by atoms with van der Waals surface area (Å²) in [5, 5.41) is 3.37. The Morgan fingerprint density at radius 3 is 3.00 bits per heavy atom. The van der Waals surface area contributed by atoms with Crippen LogP contribution in [0.1, 0.15) is 42.6 Å². The van der Waals surface area contributed by atoms with Crippen molar-refractivity contribution in [3.05, 3.63) is 47.5 Å². The van der Waals surface area contributed by atoms with Crippen molar-refractivity contribution in [2.75, 3.05) is 6.54 Å². The fourth-order valence-corrected chi connectivity index (χ4v) is 2.59. The minimum Gasteiger partial charge on any atom is -0.487 e. The van der Waals surface area contributed by atoms with E-state index in [1.54, 1.807) is 0 Å². The van der Waals surface area contributed by atoms with Gasteiger partial charge in [0.25, 0.3) is 0 Å². The van der Waals surface area contributed by atoms with E-state index >= 15 is 0 Å². The van der Waals surface area contributed by atoms with Crippen molar-refractivity contribution in [1.29, 1.82) is 0 Å². The van der Waals surface area contributed by atoms with Gasteiger partial charge in [-0.05, 0) is 31.9 Å². The average Bonchev–Trinajstić information content (AvgIpc) is 3.23. The molecule has 0 radical (unpaired) electrons. The van der Waals surface area contributed by atoms with E-state index < -0.39 is 0 Å². The first-order chi connectivity index (χ1) is 10.3. The summed E-state index contributed by atoms with van der Waals surface area (Å²) >= 11 is 0. The lowest BCUT2D eigenvalue weighted by Crippen LogP contribution is -2.13. The van der Waals surface area contributed by atoms with E-state index in [-0.39, 0.29) is 0 Å². The molecule has 1 aromatic carbocycles. The number of benzene rings is 1. The van der Waals surface area contributed by atoms with Crippen LogP contribution in [0.5, 0.6) is 5.75 Å². The van der Waals surface area contributed by atoms with Crippen LogP contribution in [0.2, 0.25) is 0 Å². The van der Waals surface area contributed by atoms with Gasteiger partial charge in [-0.25, -0.2) is 4.98 Å². The molecule has 1 N–H and O–H groups in total. The predicted octanol–water partition coefficient (Wildman–Crippen LogP) is 3.21. The molecule has 2 aromatic rings. The van der Waals surface area contributed by atoms with Crippen LogP contribution in [0.15, 0.2) is 30.7 Å². The van der Waals surface area contributed by atoms with E-state index in [4.69, 9.17) is 4.74 Å². The maximum atomic E-state index is 6.13.